The molecule has 3 saturated heterocycles. The fraction of sp³-hybridized carbons (Fsp3) is 0.576. The van der Waals surface area contributed by atoms with Crippen LogP contribution in [-0.2, 0) is 19.4 Å². The molecule has 228 valence electrons. The first-order valence-electron chi connectivity index (χ1n) is 15.4. The first kappa shape index (κ1) is 31.0. The van der Waals surface area contributed by atoms with Crippen LogP contribution < -0.4 is 4.90 Å². The van der Waals surface area contributed by atoms with Gasteiger partial charge in [0.15, 0.2) is 9.84 Å². The van der Waals surface area contributed by atoms with E-state index in [1.165, 1.54) is 0 Å². The van der Waals surface area contributed by atoms with Gasteiger partial charge in [-0.05, 0) is 94.5 Å². The number of likely N-dealkylation sites (tertiary alicyclic amines) is 1. The van der Waals surface area contributed by atoms with Crippen LogP contribution in [0.5, 0.6) is 0 Å². The summed E-state index contributed by atoms with van der Waals surface area (Å²) in [5.74, 6) is 0.465. The molecule has 0 aromatic heterocycles. The topological polar surface area (TPSA) is 78.0 Å². The second-order valence-corrected chi connectivity index (χ2v) is 15.1. The van der Waals surface area contributed by atoms with Gasteiger partial charge in [-0.3, -0.25) is 14.5 Å². The zero-order valence-corrected chi connectivity index (χ0v) is 26.7. The number of hydrogen-bond donors (Lipinski definition) is 0. The Morgan fingerprint density at radius 2 is 1.60 bits per heavy atom. The lowest BCUT2D eigenvalue weighted by atomic mass is 9.92. The number of fused-ring (bicyclic) bond motifs is 2. The number of aryl methyl sites for hydroxylation is 2. The van der Waals surface area contributed by atoms with Gasteiger partial charge in [-0.2, -0.15) is 0 Å². The minimum atomic E-state index is -3.30. The molecule has 2 atom stereocenters. The van der Waals surface area contributed by atoms with Crippen LogP contribution in [0.1, 0.15) is 63.0 Å². The Morgan fingerprint density at radius 1 is 0.952 bits per heavy atom. The highest BCUT2D eigenvalue weighted by atomic mass is 35.5. The zero-order chi connectivity index (χ0) is 30.0. The summed E-state index contributed by atoms with van der Waals surface area (Å²) in [5, 5.41) is 0.650. The maximum atomic E-state index is 13.8. The molecule has 0 saturated carbocycles. The highest BCUT2D eigenvalue weighted by Gasteiger charge is 2.41. The lowest BCUT2D eigenvalue weighted by Crippen LogP contribution is -2.46. The summed E-state index contributed by atoms with van der Waals surface area (Å²) in [6.45, 7) is 8.24. The van der Waals surface area contributed by atoms with E-state index in [0.717, 1.165) is 55.5 Å². The fourth-order valence-corrected chi connectivity index (χ4v) is 9.04. The molecule has 7 nitrogen and oxygen atoms in total. The third-order valence-corrected chi connectivity index (χ3v) is 11.9. The van der Waals surface area contributed by atoms with E-state index in [4.69, 9.17) is 11.6 Å². The van der Waals surface area contributed by atoms with Gasteiger partial charge in [-0.1, -0.05) is 35.4 Å². The van der Waals surface area contributed by atoms with Crippen LogP contribution >= 0.6 is 11.6 Å². The molecule has 0 spiro atoms. The number of anilines is 1. The number of piperidine rings is 2. The van der Waals surface area contributed by atoms with Crippen molar-refractivity contribution >= 4 is 38.9 Å². The molecule has 42 heavy (non-hydrogen) atoms. The van der Waals surface area contributed by atoms with Crippen LogP contribution in [0.15, 0.2) is 47.4 Å². The number of halogens is 1. The normalized spacial score (nSPS) is 23.2. The van der Waals surface area contributed by atoms with Crippen LogP contribution in [-0.4, -0.2) is 74.0 Å². The Bertz CT molecular complexity index is 1370. The number of hydrogen-bond acceptors (Lipinski definition) is 5. The summed E-state index contributed by atoms with van der Waals surface area (Å²) in [7, 11) is -3.30. The van der Waals surface area contributed by atoms with Crippen LogP contribution in [0.3, 0.4) is 0 Å². The predicted molar refractivity (Wildman–Crippen MR) is 168 cm³/mol. The van der Waals surface area contributed by atoms with Gasteiger partial charge in [0.05, 0.1) is 10.6 Å². The van der Waals surface area contributed by atoms with Crippen molar-refractivity contribution in [2.45, 2.75) is 82.7 Å². The molecule has 3 aliphatic heterocycles. The molecular formula is C33H44ClN3O4S. The molecule has 0 radical (unpaired) electrons. The van der Waals surface area contributed by atoms with Gasteiger partial charge < -0.3 is 9.80 Å². The third-order valence-electron chi connectivity index (χ3n) is 9.64. The second kappa shape index (κ2) is 13.1. The van der Waals surface area contributed by atoms with Crippen LogP contribution in [0.25, 0.3) is 0 Å². The molecule has 2 amide bonds. The molecule has 3 fully saturated rings. The second-order valence-electron chi connectivity index (χ2n) is 12.6. The SMILES string of the molecule is CC(=O)N1CCC(C(=O)N(CCCN2C3CCC2CC(CS(=O)(=O)c2ccc(C)cc2)C3)c2ccc(C)c(Cl)c2)CC1. The molecule has 3 aliphatic rings. The molecule has 2 bridgehead atoms. The van der Waals surface area contributed by atoms with E-state index in [0.29, 0.717) is 54.5 Å². The largest absolute Gasteiger partial charge is 0.343 e. The number of rotatable bonds is 9. The van der Waals surface area contributed by atoms with Crippen molar-refractivity contribution in [1.82, 2.24) is 9.80 Å². The average molecular weight is 614 g/mol. The molecule has 2 aromatic rings. The fourth-order valence-electron chi connectivity index (χ4n) is 7.23. The van der Waals surface area contributed by atoms with E-state index in [2.05, 4.69) is 4.90 Å². The minimum Gasteiger partial charge on any atom is -0.343 e. The molecule has 2 aromatic carbocycles. The van der Waals surface area contributed by atoms with Crippen molar-refractivity contribution in [2.75, 3.05) is 36.8 Å². The number of nitrogens with zero attached hydrogens (tertiary/aromatic N) is 3. The number of benzene rings is 2. The molecule has 0 aliphatic carbocycles. The average Bonchev–Trinajstić information content (AvgIpc) is 3.19. The Kier molecular flexibility index (Phi) is 9.65. The van der Waals surface area contributed by atoms with Crippen molar-refractivity contribution in [3.05, 3.63) is 58.6 Å². The van der Waals surface area contributed by atoms with Crippen molar-refractivity contribution in [3.8, 4) is 0 Å². The van der Waals surface area contributed by atoms with Gasteiger partial charge in [0.1, 0.15) is 0 Å². The Labute approximate surface area is 256 Å². The van der Waals surface area contributed by atoms with Gasteiger partial charge in [-0.25, -0.2) is 8.42 Å². The van der Waals surface area contributed by atoms with Gasteiger partial charge >= 0.3 is 0 Å². The third kappa shape index (κ3) is 7.03. The summed E-state index contributed by atoms with van der Waals surface area (Å²) in [5.41, 5.74) is 2.86. The Morgan fingerprint density at radius 3 is 2.19 bits per heavy atom. The first-order chi connectivity index (χ1) is 20.0. The van der Waals surface area contributed by atoms with Crippen molar-refractivity contribution in [2.24, 2.45) is 11.8 Å². The van der Waals surface area contributed by atoms with Crippen molar-refractivity contribution < 1.29 is 18.0 Å². The van der Waals surface area contributed by atoms with E-state index in [9.17, 15) is 18.0 Å². The highest BCUT2D eigenvalue weighted by Crippen LogP contribution is 2.40. The van der Waals surface area contributed by atoms with Gasteiger partial charge in [0.2, 0.25) is 11.8 Å². The summed E-state index contributed by atoms with van der Waals surface area (Å²) < 4.78 is 26.2. The molecule has 9 heteroatoms. The van der Waals surface area contributed by atoms with Crippen molar-refractivity contribution in [1.29, 1.82) is 0 Å². The summed E-state index contributed by atoms with van der Waals surface area (Å²) in [6, 6.07) is 13.8. The summed E-state index contributed by atoms with van der Waals surface area (Å²) in [6.07, 6.45) is 6.23. The van der Waals surface area contributed by atoms with Gasteiger partial charge in [0.25, 0.3) is 0 Å². The standard InChI is InChI=1S/C33H44ClN3O4S/c1-23-5-11-31(12-6-23)42(40,41)22-26-19-28-9-10-29(20-26)36(28)15-4-16-37(30-8-7-24(2)32(34)21-30)33(39)27-13-17-35(18-14-27)25(3)38/h5-8,11-12,21,26-29H,4,9-10,13-20,22H2,1-3H3. The lowest BCUT2D eigenvalue weighted by Gasteiger charge is -2.39. The van der Waals surface area contributed by atoms with Crippen LogP contribution in [0, 0.1) is 25.7 Å². The molecule has 0 N–H and O–H groups in total. The predicted octanol–water partition coefficient (Wildman–Crippen LogP) is 5.66. The number of carbonyl (C=O) groups excluding carboxylic acids is 2. The number of carbonyl (C=O) groups is 2. The van der Waals surface area contributed by atoms with Gasteiger partial charge in [-0.15, -0.1) is 0 Å². The molecule has 3 heterocycles. The summed E-state index contributed by atoms with van der Waals surface area (Å²) in [4.78, 5) is 32.3. The molecule has 5 rings (SSSR count). The Hall–Kier alpha value is -2.42. The zero-order valence-electron chi connectivity index (χ0n) is 25.1. The first-order valence-corrected chi connectivity index (χ1v) is 17.4. The molecule has 2 unspecified atom stereocenters. The van der Waals surface area contributed by atoms with E-state index in [-0.39, 0.29) is 29.4 Å². The molecular weight excluding hydrogens is 570 g/mol. The maximum absolute atomic E-state index is 13.8. The van der Waals surface area contributed by atoms with E-state index >= 15 is 0 Å². The monoisotopic (exact) mass is 613 g/mol. The van der Waals surface area contributed by atoms with E-state index in [1.54, 1.807) is 19.1 Å². The minimum absolute atomic E-state index is 0.0641. The van der Waals surface area contributed by atoms with E-state index < -0.39 is 9.84 Å². The van der Waals surface area contributed by atoms with Crippen LogP contribution in [0.2, 0.25) is 5.02 Å². The van der Waals surface area contributed by atoms with E-state index in [1.807, 2.05) is 54.0 Å². The number of amides is 2. The Balaban J connectivity index is 1.20. The smallest absolute Gasteiger partial charge is 0.230 e. The van der Waals surface area contributed by atoms with Crippen LogP contribution in [0.4, 0.5) is 5.69 Å². The highest BCUT2D eigenvalue weighted by molar-refractivity contribution is 7.91. The lowest BCUT2D eigenvalue weighted by molar-refractivity contribution is -0.133. The maximum Gasteiger partial charge on any atom is 0.230 e. The quantitative estimate of drug-likeness (QED) is 0.365. The van der Waals surface area contributed by atoms with Crippen molar-refractivity contribution in [3.63, 3.8) is 0 Å². The summed E-state index contributed by atoms with van der Waals surface area (Å²) >= 11 is 6.48. The number of sulfone groups is 1. The van der Waals surface area contributed by atoms with Gasteiger partial charge in [0, 0.05) is 61.8 Å².